The van der Waals surface area contributed by atoms with E-state index in [-0.39, 0.29) is 6.04 Å². The van der Waals surface area contributed by atoms with Crippen LogP contribution >= 0.6 is 0 Å². The van der Waals surface area contributed by atoms with Crippen LogP contribution in [0.1, 0.15) is 39.0 Å². The molecule has 0 radical (unpaired) electrons. The highest BCUT2D eigenvalue weighted by molar-refractivity contribution is 5.73. The lowest BCUT2D eigenvalue weighted by atomic mass is 10.0. The van der Waals surface area contributed by atoms with Crippen molar-refractivity contribution in [2.45, 2.75) is 57.2 Å². The number of rotatable bonds is 5. The van der Waals surface area contributed by atoms with Gasteiger partial charge in [-0.3, -0.25) is 15.0 Å². The third kappa shape index (κ3) is 2.38. The van der Waals surface area contributed by atoms with Crippen molar-refractivity contribution in [3.8, 4) is 0 Å². The van der Waals surface area contributed by atoms with Gasteiger partial charge in [0.2, 0.25) is 0 Å². The Morgan fingerprint density at radius 3 is 3.00 bits per heavy atom. The molecule has 2 N–H and O–H groups in total. The van der Waals surface area contributed by atoms with E-state index in [9.17, 15) is 4.79 Å². The number of nitrogens with one attached hydrogen (secondary N) is 1. The highest BCUT2D eigenvalue weighted by Gasteiger charge is 2.38. The van der Waals surface area contributed by atoms with Crippen molar-refractivity contribution in [2.75, 3.05) is 13.1 Å². The number of fused-ring (bicyclic) bond motifs is 1. The second kappa shape index (κ2) is 5.15. The predicted octanol–water partition coefficient (Wildman–Crippen LogP) is 1.07. The number of carbonyl (C=O) groups is 1. The van der Waals surface area contributed by atoms with Gasteiger partial charge < -0.3 is 5.11 Å². The van der Waals surface area contributed by atoms with Crippen molar-refractivity contribution in [2.24, 2.45) is 0 Å². The monoisotopic (exact) mass is 226 g/mol. The van der Waals surface area contributed by atoms with Gasteiger partial charge in [-0.15, -0.1) is 0 Å². The third-order valence-corrected chi connectivity index (χ3v) is 3.90. The first-order valence-corrected chi connectivity index (χ1v) is 6.45. The molecular formula is C12H22N2O2. The number of aliphatic carboxylic acids is 1. The standard InChI is InChI=1S/C12H22N2O2/c1-2-4-10(12(15)16)13-9-6-8-14-7-3-5-11(9)14/h9-11,13H,2-8H2,1H3,(H,15,16). The normalized spacial score (nSPS) is 31.6. The molecule has 2 rings (SSSR count). The third-order valence-electron chi connectivity index (χ3n) is 3.90. The molecule has 0 spiro atoms. The molecule has 0 aliphatic carbocycles. The maximum absolute atomic E-state index is 11.1. The highest BCUT2D eigenvalue weighted by Crippen LogP contribution is 2.28. The fraction of sp³-hybridized carbons (Fsp3) is 0.917. The van der Waals surface area contributed by atoms with Crippen LogP contribution in [0.5, 0.6) is 0 Å². The Labute approximate surface area is 97.0 Å². The Balaban J connectivity index is 1.90. The summed E-state index contributed by atoms with van der Waals surface area (Å²) in [4.78, 5) is 13.6. The summed E-state index contributed by atoms with van der Waals surface area (Å²) in [6.45, 7) is 4.38. The van der Waals surface area contributed by atoms with E-state index in [0.717, 1.165) is 25.8 Å². The van der Waals surface area contributed by atoms with E-state index in [2.05, 4.69) is 10.2 Å². The molecule has 92 valence electrons. The van der Waals surface area contributed by atoms with Crippen molar-refractivity contribution in [3.05, 3.63) is 0 Å². The first-order valence-electron chi connectivity index (χ1n) is 6.45. The Bertz CT molecular complexity index is 257. The fourth-order valence-electron chi connectivity index (χ4n) is 3.10. The highest BCUT2D eigenvalue weighted by atomic mass is 16.4. The summed E-state index contributed by atoms with van der Waals surface area (Å²) >= 11 is 0. The zero-order valence-corrected chi connectivity index (χ0v) is 9.98. The van der Waals surface area contributed by atoms with Gasteiger partial charge in [0, 0.05) is 18.6 Å². The van der Waals surface area contributed by atoms with Crippen LogP contribution in [-0.2, 0) is 4.79 Å². The topological polar surface area (TPSA) is 52.6 Å². The number of hydrogen-bond acceptors (Lipinski definition) is 3. The summed E-state index contributed by atoms with van der Waals surface area (Å²) in [5.74, 6) is -0.696. The van der Waals surface area contributed by atoms with E-state index in [1.807, 2.05) is 6.92 Å². The summed E-state index contributed by atoms with van der Waals surface area (Å²) in [6, 6.07) is 0.643. The number of carboxylic acid groups (broad SMARTS) is 1. The van der Waals surface area contributed by atoms with Gasteiger partial charge in [-0.2, -0.15) is 0 Å². The van der Waals surface area contributed by atoms with Crippen molar-refractivity contribution in [1.82, 2.24) is 10.2 Å². The second-order valence-corrected chi connectivity index (χ2v) is 4.99. The zero-order valence-electron chi connectivity index (χ0n) is 9.98. The maximum atomic E-state index is 11.1. The first kappa shape index (κ1) is 11.9. The average Bonchev–Trinajstić information content (AvgIpc) is 2.81. The summed E-state index contributed by atoms with van der Waals surface area (Å²) in [6.07, 6.45) is 5.27. The van der Waals surface area contributed by atoms with Gasteiger partial charge in [-0.05, 0) is 32.2 Å². The van der Waals surface area contributed by atoms with Crippen LogP contribution in [0.15, 0.2) is 0 Å². The minimum atomic E-state index is -0.696. The summed E-state index contributed by atoms with van der Waals surface area (Å²) in [5, 5.41) is 12.5. The minimum Gasteiger partial charge on any atom is -0.480 e. The Hall–Kier alpha value is -0.610. The van der Waals surface area contributed by atoms with Crippen LogP contribution in [0.25, 0.3) is 0 Å². The molecule has 2 aliphatic heterocycles. The Morgan fingerprint density at radius 2 is 2.31 bits per heavy atom. The molecule has 0 saturated carbocycles. The molecule has 0 amide bonds. The van der Waals surface area contributed by atoms with Gasteiger partial charge in [-0.25, -0.2) is 0 Å². The molecule has 2 saturated heterocycles. The molecule has 0 aromatic carbocycles. The lowest BCUT2D eigenvalue weighted by Crippen LogP contribution is -2.47. The van der Waals surface area contributed by atoms with Gasteiger partial charge in [-0.1, -0.05) is 13.3 Å². The molecule has 16 heavy (non-hydrogen) atoms. The number of nitrogens with zero attached hydrogens (tertiary/aromatic N) is 1. The van der Waals surface area contributed by atoms with E-state index < -0.39 is 5.97 Å². The molecule has 2 fully saturated rings. The van der Waals surface area contributed by atoms with E-state index in [1.165, 1.54) is 19.4 Å². The smallest absolute Gasteiger partial charge is 0.320 e. The summed E-state index contributed by atoms with van der Waals surface area (Å²) in [5.41, 5.74) is 0. The van der Waals surface area contributed by atoms with Crippen LogP contribution in [0.3, 0.4) is 0 Å². The molecular weight excluding hydrogens is 204 g/mol. The van der Waals surface area contributed by atoms with Gasteiger partial charge in [0.1, 0.15) is 6.04 Å². The fourth-order valence-corrected chi connectivity index (χ4v) is 3.10. The number of carboxylic acids is 1. The van der Waals surface area contributed by atoms with Crippen molar-refractivity contribution in [1.29, 1.82) is 0 Å². The van der Waals surface area contributed by atoms with Gasteiger partial charge in [0.05, 0.1) is 0 Å². The molecule has 2 aliphatic rings. The van der Waals surface area contributed by atoms with Crippen LogP contribution in [-0.4, -0.2) is 47.2 Å². The summed E-state index contributed by atoms with van der Waals surface area (Å²) < 4.78 is 0. The molecule has 4 heteroatoms. The average molecular weight is 226 g/mol. The van der Waals surface area contributed by atoms with Crippen molar-refractivity contribution in [3.63, 3.8) is 0 Å². The molecule has 0 aromatic rings. The quantitative estimate of drug-likeness (QED) is 0.736. The second-order valence-electron chi connectivity index (χ2n) is 4.99. The molecule has 0 bridgehead atoms. The minimum absolute atomic E-state index is 0.351. The van der Waals surface area contributed by atoms with Crippen LogP contribution in [0, 0.1) is 0 Å². The first-order chi connectivity index (χ1) is 7.72. The van der Waals surface area contributed by atoms with E-state index >= 15 is 0 Å². The molecule has 3 unspecified atom stereocenters. The molecule has 2 heterocycles. The van der Waals surface area contributed by atoms with E-state index in [1.54, 1.807) is 0 Å². The lowest BCUT2D eigenvalue weighted by molar-refractivity contribution is -0.140. The summed E-state index contributed by atoms with van der Waals surface area (Å²) in [7, 11) is 0. The van der Waals surface area contributed by atoms with Gasteiger partial charge in [0.15, 0.2) is 0 Å². The van der Waals surface area contributed by atoms with Gasteiger partial charge in [0.25, 0.3) is 0 Å². The van der Waals surface area contributed by atoms with Crippen molar-refractivity contribution >= 4 is 5.97 Å². The van der Waals surface area contributed by atoms with E-state index in [0.29, 0.717) is 12.1 Å². The maximum Gasteiger partial charge on any atom is 0.320 e. The SMILES string of the molecule is CCCC(NC1CCN2CCCC12)C(=O)O. The van der Waals surface area contributed by atoms with Crippen LogP contribution in [0.2, 0.25) is 0 Å². The Morgan fingerprint density at radius 1 is 1.50 bits per heavy atom. The molecule has 4 nitrogen and oxygen atoms in total. The van der Waals surface area contributed by atoms with Crippen LogP contribution < -0.4 is 5.32 Å². The Kier molecular flexibility index (Phi) is 3.82. The number of hydrogen-bond donors (Lipinski definition) is 2. The molecule has 3 atom stereocenters. The molecule has 0 aromatic heterocycles. The van der Waals surface area contributed by atoms with Crippen molar-refractivity contribution < 1.29 is 9.90 Å². The zero-order chi connectivity index (χ0) is 11.5. The van der Waals surface area contributed by atoms with Crippen LogP contribution in [0.4, 0.5) is 0 Å². The largest absolute Gasteiger partial charge is 0.480 e. The lowest BCUT2D eigenvalue weighted by Gasteiger charge is -2.24. The van der Waals surface area contributed by atoms with Gasteiger partial charge >= 0.3 is 5.97 Å². The predicted molar refractivity (Wildman–Crippen MR) is 62.5 cm³/mol. The van der Waals surface area contributed by atoms with E-state index in [4.69, 9.17) is 5.11 Å².